The van der Waals surface area contributed by atoms with Crippen LogP contribution in [0.25, 0.3) is 0 Å². The average Bonchev–Trinajstić information content (AvgIpc) is 2.14. The molecule has 1 aromatic carbocycles. The van der Waals surface area contributed by atoms with Gasteiger partial charge in [-0.05, 0) is 33.5 Å². The number of hydrogen-bond donors (Lipinski definition) is 0. The molecule has 0 heterocycles. The van der Waals surface area contributed by atoms with E-state index in [1.807, 2.05) is 0 Å². The number of aryl methyl sites for hydroxylation is 1. The number of halogens is 1. The quantitative estimate of drug-likeness (QED) is 0.755. The van der Waals surface area contributed by atoms with Crippen LogP contribution in [0.2, 0.25) is 13.1 Å². The van der Waals surface area contributed by atoms with Gasteiger partial charge in [0.05, 0.1) is 20.4 Å². The number of ether oxygens (including phenoxy) is 1. The van der Waals surface area contributed by atoms with Crippen molar-refractivity contribution in [3.8, 4) is 5.75 Å². The molecular formula is C14H23BrOSi. The maximum atomic E-state index is 5.62. The Labute approximate surface area is 115 Å². The van der Waals surface area contributed by atoms with E-state index in [2.05, 4.69) is 62.8 Å². The van der Waals surface area contributed by atoms with Gasteiger partial charge in [-0.3, -0.25) is 0 Å². The van der Waals surface area contributed by atoms with Gasteiger partial charge in [-0.2, -0.15) is 0 Å². The molecule has 0 aliphatic rings. The first-order valence-electron chi connectivity index (χ1n) is 6.07. The second-order valence-electron chi connectivity index (χ2n) is 5.91. The fourth-order valence-corrected chi connectivity index (χ4v) is 5.93. The van der Waals surface area contributed by atoms with Crippen molar-refractivity contribution < 1.29 is 4.74 Å². The number of benzene rings is 1. The molecule has 1 rings (SSSR count). The van der Waals surface area contributed by atoms with Gasteiger partial charge in [-0.25, -0.2) is 0 Å². The van der Waals surface area contributed by atoms with Gasteiger partial charge < -0.3 is 4.74 Å². The molecule has 0 saturated heterocycles. The predicted octanol–water partition coefficient (Wildman–Crippen LogP) is 3.76. The highest BCUT2D eigenvalue weighted by molar-refractivity contribution is 9.10. The van der Waals surface area contributed by atoms with Crippen molar-refractivity contribution in [1.82, 2.24) is 0 Å². The summed E-state index contributed by atoms with van der Waals surface area (Å²) in [7, 11) is 0.909. The highest BCUT2D eigenvalue weighted by Gasteiger charge is 2.24. The zero-order valence-electron chi connectivity index (χ0n) is 11.9. The fourth-order valence-electron chi connectivity index (χ4n) is 2.24. The molecule has 1 nitrogen and oxygen atoms in total. The van der Waals surface area contributed by atoms with E-state index in [-0.39, 0.29) is 5.41 Å². The molecule has 0 aromatic heterocycles. The van der Waals surface area contributed by atoms with E-state index in [1.54, 1.807) is 7.11 Å². The van der Waals surface area contributed by atoms with Crippen molar-refractivity contribution >= 4 is 29.9 Å². The Balaban J connectivity index is 3.58. The summed E-state index contributed by atoms with van der Waals surface area (Å²) in [5, 5.41) is 1.48. The Bertz CT molecular complexity index is 419. The van der Waals surface area contributed by atoms with Crippen LogP contribution in [-0.4, -0.2) is 15.9 Å². The molecule has 0 bridgehead atoms. The van der Waals surface area contributed by atoms with E-state index < -0.39 is 8.80 Å². The topological polar surface area (TPSA) is 9.23 Å². The summed E-state index contributed by atoms with van der Waals surface area (Å²) in [6.45, 7) is 13.6. The van der Waals surface area contributed by atoms with Crippen LogP contribution < -0.4 is 9.92 Å². The third-order valence-electron chi connectivity index (χ3n) is 3.06. The average molecular weight is 315 g/mol. The summed E-state index contributed by atoms with van der Waals surface area (Å²) in [5.41, 5.74) is 2.78. The first kappa shape index (κ1) is 14.8. The highest BCUT2D eigenvalue weighted by atomic mass is 79.9. The van der Waals surface area contributed by atoms with Crippen molar-refractivity contribution in [1.29, 1.82) is 0 Å². The van der Waals surface area contributed by atoms with E-state index in [0.717, 1.165) is 5.75 Å². The van der Waals surface area contributed by atoms with Gasteiger partial charge in [0.1, 0.15) is 5.75 Å². The minimum Gasteiger partial charge on any atom is -0.495 e. The molecule has 0 atom stereocenters. The molecule has 96 valence electrons. The van der Waals surface area contributed by atoms with E-state index >= 15 is 0 Å². The van der Waals surface area contributed by atoms with Gasteiger partial charge in [-0.1, -0.05) is 45.5 Å². The Hall–Kier alpha value is -0.283. The molecule has 0 amide bonds. The largest absolute Gasteiger partial charge is 0.495 e. The van der Waals surface area contributed by atoms with Crippen molar-refractivity contribution in [3.05, 3.63) is 21.7 Å². The lowest BCUT2D eigenvalue weighted by Gasteiger charge is -2.26. The second-order valence-corrected chi connectivity index (χ2v) is 9.59. The summed E-state index contributed by atoms with van der Waals surface area (Å²) >= 11 is 3.75. The summed E-state index contributed by atoms with van der Waals surface area (Å²) in [6, 6.07) is 2.30. The van der Waals surface area contributed by atoms with Crippen molar-refractivity contribution in [2.75, 3.05) is 7.11 Å². The molecule has 0 unspecified atom stereocenters. The highest BCUT2D eigenvalue weighted by Crippen LogP contribution is 2.37. The normalized spacial score (nSPS) is 12.1. The smallest absolute Gasteiger partial charge is 0.136 e. The summed E-state index contributed by atoms with van der Waals surface area (Å²) < 4.78 is 6.80. The summed E-state index contributed by atoms with van der Waals surface area (Å²) in [6.07, 6.45) is 0. The maximum Gasteiger partial charge on any atom is 0.136 e. The van der Waals surface area contributed by atoms with E-state index in [0.29, 0.717) is 0 Å². The SMILES string of the molecule is COc1c(C(C)(C)C)cc(C)c([SiH](C)C)c1Br. The lowest BCUT2D eigenvalue weighted by molar-refractivity contribution is 0.395. The molecule has 0 aliphatic heterocycles. The zero-order valence-corrected chi connectivity index (χ0v) is 14.7. The first-order chi connectivity index (χ1) is 7.70. The zero-order chi connectivity index (χ0) is 13.4. The molecule has 0 saturated carbocycles. The van der Waals surface area contributed by atoms with Crippen molar-refractivity contribution in [2.24, 2.45) is 0 Å². The van der Waals surface area contributed by atoms with E-state index in [4.69, 9.17) is 4.74 Å². The molecule has 17 heavy (non-hydrogen) atoms. The van der Waals surface area contributed by atoms with Gasteiger partial charge in [0.15, 0.2) is 0 Å². The van der Waals surface area contributed by atoms with E-state index in [9.17, 15) is 0 Å². The standard InChI is InChI=1S/C14H23BrOSi/c1-9-8-10(14(2,3)4)12(16-5)11(15)13(9)17(6)7/h8,17H,1-7H3. The minimum absolute atomic E-state index is 0.107. The van der Waals surface area contributed by atoms with Gasteiger partial charge in [0.2, 0.25) is 0 Å². The van der Waals surface area contributed by atoms with Crippen LogP contribution in [-0.2, 0) is 5.41 Å². The van der Waals surface area contributed by atoms with Gasteiger partial charge in [-0.15, -0.1) is 0 Å². The number of hydrogen-bond acceptors (Lipinski definition) is 1. The Morgan fingerprint density at radius 2 is 1.76 bits per heavy atom. The monoisotopic (exact) mass is 314 g/mol. The van der Waals surface area contributed by atoms with Gasteiger partial charge in [0.25, 0.3) is 0 Å². The molecule has 0 radical (unpaired) electrons. The molecule has 0 aliphatic carbocycles. The Morgan fingerprint density at radius 3 is 2.12 bits per heavy atom. The minimum atomic E-state index is -0.851. The molecular weight excluding hydrogens is 292 g/mol. The Morgan fingerprint density at radius 1 is 1.24 bits per heavy atom. The fraction of sp³-hybridized carbons (Fsp3) is 0.571. The van der Waals surface area contributed by atoms with E-state index in [1.165, 1.54) is 20.8 Å². The summed E-state index contributed by atoms with van der Waals surface area (Å²) in [4.78, 5) is 0. The van der Waals surface area contributed by atoms with Crippen molar-refractivity contribution in [2.45, 2.75) is 46.2 Å². The van der Waals surface area contributed by atoms with Gasteiger partial charge >= 0.3 is 0 Å². The van der Waals surface area contributed by atoms with Crippen LogP contribution in [0, 0.1) is 6.92 Å². The molecule has 0 N–H and O–H groups in total. The van der Waals surface area contributed by atoms with Crippen LogP contribution in [0.15, 0.2) is 10.5 Å². The first-order valence-corrected chi connectivity index (χ1v) is 9.75. The van der Waals surface area contributed by atoms with Crippen LogP contribution >= 0.6 is 15.9 Å². The number of methoxy groups -OCH3 is 1. The Kier molecular flexibility index (Phi) is 4.47. The maximum absolute atomic E-state index is 5.62. The molecule has 3 heteroatoms. The third kappa shape index (κ3) is 2.94. The van der Waals surface area contributed by atoms with Gasteiger partial charge in [0, 0.05) is 5.56 Å². The van der Waals surface area contributed by atoms with Crippen LogP contribution in [0.1, 0.15) is 31.9 Å². The van der Waals surface area contributed by atoms with Crippen LogP contribution in [0.4, 0.5) is 0 Å². The summed E-state index contributed by atoms with van der Waals surface area (Å²) in [5.74, 6) is 1.01. The number of rotatable bonds is 2. The lowest BCUT2D eigenvalue weighted by atomic mass is 9.85. The predicted molar refractivity (Wildman–Crippen MR) is 82.6 cm³/mol. The molecule has 0 spiro atoms. The second kappa shape index (κ2) is 5.15. The van der Waals surface area contributed by atoms with Crippen LogP contribution in [0.3, 0.4) is 0 Å². The van der Waals surface area contributed by atoms with Crippen LogP contribution in [0.5, 0.6) is 5.75 Å². The van der Waals surface area contributed by atoms with Crippen molar-refractivity contribution in [3.63, 3.8) is 0 Å². The molecule has 0 fully saturated rings. The molecule has 1 aromatic rings. The third-order valence-corrected chi connectivity index (χ3v) is 6.16. The lowest BCUT2D eigenvalue weighted by Crippen LogP contribution is -2.29.